The quantitative estimate of drug-likeness (QED) is 0.817. The number of hydrogen-bond acceptors (Lipinski definition) is 3. The molecule has 0 saturated heterocycles. The second-order valence-corrected chi connectivity index (χ2v) is 6.00. The summed E-state index contributed by atoms with van der Waals surface area (Å²) in [6.07, 6.45) is 4.67. The zero-order chi connectivity index (χ0) is 17.2. The number of amides is 1. The zero-order valence-electron chi connectivity index (χ0n) is 14.8. The lowest BCUT2D eigenvalue weighted by atomic mass is 10.00. The average molecular weight is 316 g/mol. The molecule has 0 unspecified atom stereocenters. The van der Waals surface area contributed by atoms with E-state index in [0.717, 1.165) is 17.7 Å². The Bertz CT molecular complexity index is 575. The SMILES string of the molecule is C/C(=N/C(=O)OCC(C)C)c1ccc2c(c1)C=CNC2.CCC. The van der Waals surface area contributed by atoms with Gasteiger partial charge in [0.25, 0.3) is 0 Å². The summed E-state index contributed by atoms with van der Waals surface area (Å²) < 4.78 is 5.06. The van der Waals surface area contributed by atoms with E-state index in [0.29, 0.717) is 18.2 Å². The molecule has 1 aliphatic rings. The van der Waals surface area contributed by atoms with E-state index in [1.165, 1.54) is 12.0 Å². The van der Waals surface area contributed by atoms with Crippen LogP contribution in [-0.2, 0) is 11.3 Å². The number of ether oxygens (including phenoxy) is 1. The molecule has 0 bridgehead atoms. The van der Waals surface area contributed by atoms with Gasteiger partial charge in [0.2, 0.25) is 0 Å². The van der Waals surface area contributed by atoms with Crippen molar-refractivity contribution in [2.45, 2.75) is 47.6 Å². The Hall–Kier alpha value is -2.10. The van der Waals surface area contributed by atoms with Gasteiger partial charge in [-0.2, -0.15) is 4.99 Å². The summed E-state index contributed by atoms with van der Waals surface area (Å²) in [5.41, 5.74) is 4.02. The van der Waals surface area contributed by atoms with Gasteiger partial charge >= 0.3 is 6.09 Å². The molecule has 0 atom stereocenters. The molecule has 1 N–H and O–H groups in total. The zero-order valence-corrected chi connectivity index (χ0v) is 14.8. The van der Waals surface area contributed by atoms with Crippen molar-refractivity contribution in [2.24, 2.45) is 10.9 Å². The molecule has 0 fully saturated rings. The van der Waals surface area contributed by atoms with Crippen LogP contribution in [0, 0.1) is 5.92 Å². The summed E-state index contributed by atoms with van der Waals surface area (Å²) >= 11 is 0. The van der Waals surface area contributed by atoms with Crippen molar-refractivity contribution in [3.05, 3.63) is 41.1 Å². The van der Waals surface area contributed by atoms with Crippen molar-refractivity contribution in [1.82, 2.24) is 5.32 Å². The minimum Gasteiger partial charge on any atom is -0.448 e. The van der Waals surface area contributed by atoms with Gasteiger partial charge < -0.3 is 10.1 Å². The molecule has 0 aromatic heterocycles. The highest BCUT2D eigenvalue weighted by molar-refractivity contribution is 6.04. The first-order valence-corrected chi connectivity index (χ1v) is 8.23. The number of nitrogens with one attached hydrogen (secondary N) is 1. The van der Waals surface area contributed by atoms with E-state index in [1.54, 1.807) is 0 Å². The molecule has 4 heteroatoms. The molecule has 0 aliphatic carbocycles. The van der Waals surface area contributed by atoms with Crippen molar-refractivity contribution in [3.8, 4) is 0 Å². The minimum atomic E-state index is -0.522. The highest BCUT2D eigenvalue weighted by Crippen LogP contribution is 2.17. The number of carbonyl (C=O) groups is 1. The number of hydrogen-bond donors (Lipinski definition) is 1. The van der Waals surface area contributed by atoms with Crippen LogP contribution in [0.3, 0.4) is 0 Å². The minimum absolute atomic E-state index is 0.316. The number of nitrogens with zero attached hydrogens (tertiary/aromatic N) is 1. The monoisotopic (exact) mass is 316 g/mol. The first kappa shape index (κ1) is 18.9. The van der Waals surface area contributed by atoms with E-state index in [9.17, 15) is 4.79 Å². The fourth-order valence-electron chi connectivity index (χ4n) is 1.93. The summed E-state index contributed by atoms with van der Waals surface area (Å²) in [6.45, 7) is 11.3. The lowest BCUT2D eigenvalue weighted by Crippen LogP contribution is -2.11. The van der Waals surface area contributed by atoms with Crippen molar-refractivity contribution < 1.29 is 9.53 Å². The second-order valence-electron chi connectivity index (χ2n) is 6.00. The van der Waals surface area contributed by atoms with Crippen LogP contribution in [0.15, 0.2) is 29.4 Å². The summed E-state index contributed by atoms with van der Waals surface area (Å²) in [4.78, 5) is 15.6. The molecule has 0 saturated carbocycles. The highest BCUT2D eigenvalue weighted by Gasteiger charge is 2.08. The van der Waals surface area contributed by atoms with E-state index < -0.39 is 6.09 Å². The molecule has 2 rings (SSSR count). The van der Waals surface area contributed by atoms with Gasteiger partial charge in [0, 0.05) is 6.54 Å². The summed E-state index contributed by atoms with van der Waals surface area (Å²) in [6, 6.07) is 6.08. The Kier molecular flexibility index (Phi) is 8.09. The summed E-state index contributed by atoms with van der Waals surface area (Å²) in [5.74, 6) is 0.316. The molecule has 1 aliphatic heterocycles. The maximum absolute atomic E-state index is 11.6. The predicted molar refractivity (Wildman–Crippen MR) is 96.7 cm³/mol. The van der Waals surface area contributed by atoms with Gasteiger partial charge in [0.15, 0.2) is 0 Å². The largest absolute Gasteiger partial charge is 0.448 e. The van der Waals surface area contributed by atoms with Crippen LogP contribution in [0.2, 0.25) is 0 Å². The first-order valence-electron chi connectivity index (χ1n) is 8.23. The van der Waals surface area contributed by atoms with Crippen molar-refractivity contribution >= 4 is 17.9 Å². The number of carbonyl (C=O) groups excluding carboxylic acids is 1. The highest BCUT2D eigenvalue weighted by atomic mass is 16.5. The van der Waals surface area contributed by atoms with Crippen molar-refractivity contribution in [3.63, 3.8) is 0 Å². The third-order valence-corrected chi connectivity index (χ3v) is 3.04. The standard InChI is InChI=1S/C16H20N2O2.C3H8/c1-11(2)10-20-16(19)18-12(3)13-4-5-15-9-17-7-6-14(15)8-13;1-3-2/h4-8,11,17H,9-10H2,1-3H3;3H2,1-2H3/b18-12-;. The lowest BCUT2D eigenvalue weighted by molar-refractivity contribution is 0.143. The Balaban J connectivity index is 0.000000816. The van der Waals surface area contributed by atoms with E-state index in [4.69, 9.17) is 4.74 Å². The van der Waals surface area contributed by atoms with E-state index in [1.807, 2.05) is 45.2 Å². The number of aliphatic imine (C=N–C) groups is 1. The van der Waals surface area contributed by atoms with E-state index >= 15 is 0 Å². The van der Waals surface area contributed by atoms with Gasteiger partial charge in [-0.1, -0.05) is 46.2 Å². The molecule has 23 heavy (non-hydrogen) atoms. The van der Waals surface area contributed by atoms with Crippen LogP contribution in [0.4, 0.5) is 4.79 Å². The molecule has 4 nitrogen and oxygen atoms in total. The Morgan fingerprint density at radius 3 is 2.70 bits per heavy atom. The van der Waals surface area contributed by atoms with Crippen molar-refractivity contribution in [1.29, 1.82) is 0 Å². The van der Waals surface area contributed by atoms with E-state index in [-0.39, 0.29) is 0 Å². The van der Waals surface area contributed by atoms with Gasteiger partial charge in [0.05, 0.1) is 12.3 Å². The van der Waals surface area contributed by atoms with Gasteiger partial charge in [-0.25, -0.2) is 4.79 Å². The third kappa shape index (κ3) is 6.68. The molecular formula is C19H28N2O2. The lowest BCUT2D eigenvalue weighted by Gasteiger charge is -2.13. The molecule has 126 valence electrons. The van der Waals surface area contributed by atoms with Gasteiger partial charge in [0.1, 0.15) is 0 Å². The Labute approximate surface area is 139 Å². The molecule has 1 heterocycles. The normalized spacial score (nSPS) is 12.9. The van der Waals surface area contributed by atoms with Crippen LogP contribution in [0.5, 0.6) is 0 Å². The molecule has 1 amide bonds. The molecular weight excluding hydrogens is 288 g/mol. The van der Waals surface area contributed by atoms with Crippen LogP contribution in [0.25, 0.3) is 6.08 Å². The van der Waals surface area contributed by atoms with Crippen LogP contribution in [0.1, 0.15) is 57.7 Å². The third-order valence-electron chi connectivity index (χ3n) is 3.04. The van der Waals surface area contributed by atoms with Crippen molar-refractivity contribution in [2.75, 3.05) is 6.61 Å². The number of fused-ring (bicyclic) bond motifs is 1. The molecule has 1 aromatic rings. The van der Waals surface area contributed by atoms with Gasteiger partial charge in [-0.05, 0) is 47.9 Å². The Morgan fingerprint density at radius 1 is 1.35 bits per heavy atom. The summed E-state index contributed by atoms with van der Waals surface area (Å²) in [7, 11) is 0. The molecule has 0 spiro atoms. The molecule has 0 radical (unpaired) electrons. The average Bonchev–Trinajstić information content (AvgIpc) is 2.53. The number of rotatable bonds is 3. The van der Waals surface area contributed by atoms with Crippen LogP contribution in [-0.4, -0.2) is 18.4 Å². The number of benzene rings is 1. The van der Waals surface area contributed by atoms with Gasteiger partial charge in [-0.15, -0.1) is 0 Å². The van der Waals surface area contributed by atoms with Gasteiger partial charge in [-0.3, -0.25) is 0 Å². The van der Waals surface area contributed by atoms with Crippen LogP contribution < -0.4 is 5.32 Å². The fourth-order valence-corrected chi connectivity index (χ4v) is 1.93. The predicted octanol–water partition coefficient (Wildman–Crippen LogP) is 4.78. The first-order chi connectivity index (χ1) is 11.0. The van der Waals surface area contributed by atoms with Crippen LogP contribution >= 0.6 is 0 Å². The maximum atomic E-state index is 11.6. The summed E-state index contributed by atoms with van der Waals surface area (Å²) in [5, 5.41) is 3.16. The molecule has 1 aromatic carbocycles. The van der Waals surface area contributed by atoms with E-state index in [2.05, 4.69) is 30.2 Å². The fraction of sp³-hybridized carbons (Fsp3) is 0.474. The second kappa shape index (κ2) is 9.82. The topological polar surface area (TPSA) is 50.7 Å². The Morgan fingerprint density at radius 2 is 2.04 bits per heavy atom. The maximum Gasteiger partial charge on any atom is 0.433 e. The smallest absolute Gasteiger partial charge is 0.433 e.